The van der Waals surface area contributed by atoms with Crippen LogP contribution in [0.25, 0.3) is 0 Å². The Morgan fingerprint density at radius 3 is 2.19 bits per heavy atom. The fourth-order valence-corrected chi connectivity index (χ4v) is 3.52. The number of hydrogen-bond donors (Lipinski definition) is 2. The normalized spacial score (nSPS) is 24.9. The predicted molar refractivity (Wildman–Crippen MR) is 90.1 cm³/mol. The number of imide groups is 1. The molecule has 9 heteroatoms. The Kier molecular flexibility index (Phi) is 6.67. The number of aliphatic hydroxyl groups excluding tert-OH is 1. The van der Waals surface area contributed by atoms with Crippen LogP contribution in [0.1, 0.15) is 39.5 Å². The number of carbonyl (C=O) groups excluding carboxylic acids is 3. The minimum Gasteiger partial charge on any atom is -0.384 e. The third-order valence-corrected chi connectivity index (χ3v) is 4.95. The maximum absolute atomic E-state index is 12.7. The molecule has 0 aromatic heterocycles. The highest BCUT2D eigenvalue weighted by atomic mass is 19.4. The Labute approximate surface area is 155 Å². The van der Waals surface area contributed by atoms with Gasteiger partial charge in [-0.1, -0.05) is 26.0 Å². The average Bonchev–Trinajstić information content (AvgIpc) is 2.83. The summed E-state index contributed by atoms with van der Waals surface area (Å²) < 4.78 is 37.1. The van der Waals surface area contributed by atoms with E-state index in [0.29, 0.717) is 12.8 Å². The molecule has 4 atom stereocenters. The lowest BCUT2D eigenvalue weighted by Gasteiger charge is -2.27. The van der Waals surface area contributed by atoms with E-state index in [0.717, 1.165) is 4.90 Å². The molecule has 0 unspecified atom stereocenters. The first-order chi connectivity index (χ1) is 12.5. The molecule has 0 spiro atoms. The molecule has 2 N–H and O–H groups in total. The maximum atomic E-state index is 12.7. The molecule has 2 rings (SSSR count). The highest BCUT2D eigenvalue weighted by molar-refractivity contribution is 6.08. The van der Waals surface area contributed by atoms with Crippen LogP contribution in [0.3, 0.4) is 0 Å². The summed E-state index contributed by atoms with van der Waals surface area (Å²) in [6, 6.07) is -1.06. The number of hydrogen-bond acceptors (Lipinski definition) is 4. The molecule has 1 saturated heterocycles. The molecular weight excluding hydrogens is 365 g/mol. The Morgan fingerprint density at radius 2 is 1.74 bits per heavy atom. The highest BCUT2D eigenvalue weighted by Crippen LogP contribution is 2.37. The van der Waals surface area contributed by atoms with E-state index >= 15 is 0 Å². The van der Waals surface area contributed by atoms with Gasteiger partial charge >= 0.3 is 6.18 Å². The number of likely N-dealkylation sites (tertiary alicyclic amines) is 1. The van der Waals surface area contributed by atoms with Gasteiger partial charge in [0.25, 0.3) is 0 Å². The van der Waals surface area contributed by atoms with E-state index in [4.69, 9.17) is 5.11 Å². The first kappa shape index (κ1) is 21.4. The minimum absolute atomic E-state index is 0.0112. The van der Waals surface area contributed by atoms with Crippen molar-refractivity contribution >= 4 is 17.7 Å². The number of fused-ring (bicyclic) bond motifs is 1. The Bertz CT molecular complexity index is 592. The molecule has 0 bridgehead atoms. The third kappa shape index (κ3) is 4.88. The van der Waals surface area contributed by atoms with Crippen LogP contribution in [-0.2, 0) is 14.4 Å². The SMILES string of the molecule is CC(C)C[C@H](C(=O)NCC[C@H](O)C(F)(F)F)N1C(=O)[C@H]2CC=CC[C@H]2C1=O. The summed E-state index contributed by atoms with van der Waals surface area (Å²) in [5.74, 6) is -2.43. The van der Waals surface area contributed by atoms with Gasteiger partial charge in [-0.2, -0.15) is 13.2 Å². The smallest absolute Gasteiger partial charge is 0.384 e. The highest BCUT2D eigenvalue weighted by Gasteiger charge is 2.51. The number of carbonyl (C=O) groups is 3. The van der Waals surface area contributed by atoms with Crippen LogP contribution in [0, 0.1) is 17.8 Å². The molecule has 0 radical (unpaired) electrons. The monoisotopic (exact) mass is 390 g/mol. The van der Waals surface area contributed by atoms with Crippen LogP contribution in [0.5, 0.6) is 0 Å². The summed E-state index contributed by atoms with van der Waals surface area (Å²) in [5, 5.41) is 11.3. The quantitative estimate of drug-likeness (QED) is 0.513. The Balaban J connectivity index is 2.07. The Hall–Kier alpha value is -1.90. The van der Waals surface area contributed by atoms with E-state index < -0.39 is 60.8 Å². The second-order valence-corrected chi connectivity index (χ2v) is 7.48. The van der Waals surface area contributed by atoms with E-state index in [1.165, 1.54) is 0 Å². The first-order valence-corrected chi connectivity index (χ1v) is 9.08. The molecule has 1 fully saturated rings. The molecule has 1 aliphatic heterocycles. The number of alkyl halides is 3. The predicted octanol–water partition coefficient (Wildman–Crippen LogP) is 1.78. The number of allylic oxidation sites excluding steroid dienone is 2. The molecule has 152 valence electrons. The average molecular weight is 390 g/mol. The second-order valence-electron chi connectivity index (χ2n) is 7.48. The third-order valence-electron chi connectivity index (χ3n) is 4.95. The van der Waals surface area contributed by atoms with Gasteiger partial charge in [0.05, 0.1) is 11.8 Å². The van der Waals surface area contributed by atoms with Gasteiger partial charge in [-0.25, -0.2) is 0 Å². The van der Waals surface area contributed by atoms with Crippen molar-refractivity contribution in [1.29, 1.82) is 0 Å². The summed E-state index contributed by atoms with van der Waals surface area (Å²) in [6.45, 7) is 3.25. The standard InChI is InChI=1S/C18H25F3N2O4/c1-10(2)9-13(15(25)22-8-7-14(24)18(19,20)21)23-16(26)11-5-3-4-6-12(11)17(23)27/h3-4,10-14,24H,5-9H2,1-2H3,(H,22,25)/t11-,12+,13-,14+/m1/s1. The number of nitrogens with zero attached hydrogens (tertiary/aromatic N) is 1. The Morgan fingerprint density at radius 1 is 1.22 bits per heavy atom. The summed E-state index contributed by atoms with van der Waals surface area (Å²) >= 11 is 0. The van der Waals surface area contributed by atoms with E-state index in [9.17, 15) is 27.6 Å². The molecule has 2 aliphatic rings. The van der Waals surface area contributed by atoms with Gasteiger partial charge in [-0.15, -0.1) is 0 Å². The number of rotatable bonds is 7. The summed E-state index contributed by atoms with van der Waals surface area (Å²) in [5.41, 5.74) is 0. The zero-order valence-corrected chi connectivity index (χ0v) is 15.3. The van der Waals surface area contributed by atoms with Crippen LogP contribution in [0.15, 0.2) is 12.2 Å². The van der Waals surface area contributed by atoms with Crippen LogP contribution >= 0.6 is 0 Å². The largest absolute Gasteiger partial charge is 0.414 e. The molecule has 3 amide bonds. The maximum Gasteiger partial charge on any atom is 0.414 e. The van der Waals surface area contributed by atoms with Crippen molar-refractivity contribution in [2.24, 2.45) is 17.8 Å². The van der Waals surface area contributed by atoms with Crippen molar-refractivity contribution in [3.63, 3.8) is 0 Å². The second kappa shape index (κ2) is 8.41. The van der Waals surface area contributed by atoms with Gasteiger partial charge in [0.1, 0.15) is 6.04 Å². The lowest BCUT2D eigenvalue weighted by molar-refractivity contribution is -0.205. The van der Waals surface area contributed by atoms with Crippen molar-refractivity contribution in [2.75, 3.05) is 6.54 Å². The zero-order valence-electron chi connectivity index (χ0n) is 15.3. The van der Waals surface area contributed by atoms with Crippen LogP contribution < -0.4 is 5.32 Å². The van der Waals surface area contributed by atoms with E-state index in [2.05, 4.69) is 5.32 Å². The lowest BCUT2D eigenvalue weighted by Crippen LogP contribution is -2.51. The van der Waals surface area contributed by atoms with Crippen molar-refractivity contribution in [3.05, 3.63) is 12.2 Å². The molecule has 0 aromatic rings. The molecule has 0 aromatic carbocycles. The van der Waals surface area contributed by atoms with Crippen molar-refractivity contribution in [2.45, 2.75) is 57.9 Å². The first-order valence-electron chi connectivity index (χ1n) is 9.08. The van der Waals surface area contributed by atoms with E-state index in [-0.39, 0.29) is 12.3 Å². The summed E-state index contributed by atoms with van der Waals surface area (Å²) in [6.07, 6.45) is -3.20. The van der Waals surface area contributed by atoms with Crippen LogP contribution in [0.4, 0.5) is 13.2 Å². The molecule has 6 nitrogen and oxygen atoms in total. The van der Waals surface area contributed by atoms with Crippen molar-refractivity contribution < 1.29 is 32.7 Å². The van der Waals surface area contributed by atoms with Crippen LogP contribution in [-0.4, -0.2) is 52.6 Å². The zero-order chi connectivity index (χ0) is 20.4. The lowest BCUT2D eigenvalue weighted by atomic mass is 9.85. The summed E-state index contributed by atoms with van der Waals surface area (Å²) in [4.78, 5) is 38.9. The molecule has 0 saturated carbocycles. The van der Waals surface area contributed by atoms with Gasteiger partial charge in [0.15, 0.2) is 6.10 Å². The van der Waals surface area contributed by atoms with Gasteiger partial charge in [0, 0.05) is 6.54 Å². The van der Waals surface area contributed by atoms with E-state index in [1.54, 1.807) is 0 Å². The fraction of sp³-hybridized carbons (Fsp3) is 0.722. The minimum atomic E-state index is -4.76. The molecular formula is C18H25F3N2O4. The van der Waals surface area contributed by atoms with Crippen molar-refractivity contribution in [1.82, 2.24) is 10.2 Å². The van der Waals surface area contributed by atoms with E-state index in [1.807, 2.05) is 26.0 Å². The molecule has 1 aliphatic carbocycles. The van der Waals surface area contributed by atoms with Gasteiger partial charge in [0.2, 0.25) is 17.7 Å². The summed E-state index contributed by atoms with van der Waals surface area (Å²) in [7, 11) is 0. The molecule has 27 heavy (non-hydrogen) atoms. The van der Waals surface area contributed by atoms with Gasteiger partial charge in [-0.05, 0) is 31.6 Å². The fourth-order valence-electron chi connectivity index (χ4n) is 3.52. The van der Waals surface area contributed by atoms with Crippen molar-refractivity contribution in [3.8, 4) is 0 Å². The number of nitrogens with one attached hydrogen (secondary N) is 1. The number of aliphatic hydroxyl groups is 1. The van der Waals surface area contributed by atoms with Gasteiger partial charge in [-0.3, -0.25) is 19.3 Å². The topological polar surface area (TPSA) is 86.7 Å². The molecule has 1 heterocycles. The number of halogens is 3. The number of amides is 3. The van der Waals surface area contributed by atoms with Crippen LogP contribution in [0.2, 0.25) is 0 Å². The van der Waals surface area contributed by atoms with Gasteiger partial charge < -0.3 is 10.4 Å².